The average molecular weight is 500 g/mol. The molecule has 0 radical (unpaired) electrons. The number of hydrogen-bond donors (Lipinski definition) is 3. The second kappa shape index (κ2) is 10.9. The Morgan fingerprint density at radius 3 is 2.83 bits per heavy atom. The second-order valence-electron chi connectivity index (χ2n) is 7.57. The Bertz CT molecular complexity index is 1450. The van der Waals surface area contributed by atoms with Crippen molar-refractivity contribution in [1.82, 2.24) is 19.6 Å². The van der Waals surface area contributed by atoms with Gasteiger partial charge in [0.15, 0.2) is 11.1 Å². The van der Waals surface area contributed by atoms with Crippen molar-refractivity contribution in [2.24, 2.45) is 16.6 Å². The normalized spacial score (nSPS) is 12.9. The van der Waals surface area contributed by atoms with Gasteiger partial charge in [-0.3, -0.25) is 4.99 Å². The zero-order valence-electron chi connectivity index (χ0n) is 19.1. The summed E-state index contributed by atoms with van der Waals surface area (Å²) in [5.74, 6) is 5.59. The number of aryl methyl sites for hydroxylation is 1. The van der Waals surface area contributed by atoms with Gasteiger partial charge in [-0.25, -0.2) is 19.6 Å². The van der Waals surface area contributed by atoms with E-state index in [1.807, 2.05) is 0 Å². The first kappa shape index (κ1) is 25.6. The molecular formula is C23H24ClF2N9. The van der Waals surface area contributed by atoms with Crippen LogP contribution in [-0.2, 0) is 0 Å². The highest BCUT2D eigenvalue weighted by Crippen LogP contribution is 2.23. The first-order valence-corrected chi connectivity index (χ1v) is 10.8. The highest BCUT2D eigenvalue weighted by atomic mass is 35.5. The molecule has 5 N–H and O–H groups in total. The smallest absolute Gasteiger partial charge is 0.283 e. The summed E-state index contributed by atoms with van der Waals surface area (Å²) < 4.78 is 28.4. The van der Waals surface area contributed by atoms with E-state index in [0.717, 1.165) is 5.56 Å². The van der Waals surface area contributed by atoms with Crippen molar-refractivity contribution in [3.63, 3.8) is 0 Å². The third-order valence-electron chi connectivity index (χ3n) is 4.92. The number of hydrazine groups is 1. The Morgan fingerprint density at radius 2 is 2.20 bits per heavy atom. The number of nitrogens with one attached hydrogen (secondary N) is 1. The SMILES string of the molecule is C=CNc1cc(Cl)ccc1/C=c1\c(C)nc2c(C#N)c(C(F)F)nn2c1=NCC/C(N)=C/N(C)N. The summed E-state index contributed by atoms with van der Waals surface area (Å²) in [4.78, 5) is 9.02. The lowest BCUT2D eigenvalue weighted by Gasteiger charge is -2.08. The Labute approximate surface area is 205 Å². The second-order valence-corrected chi connectivity index (χ2v) is 8.00. The maximum Gasteiger partial charge on any atom is 0.283 e. The zero-order chi connectivity index (χ0) is 25.7. The van der Waals surface area contributed by atoms with E-state index in [0.29, 0.717) is 33.7 Å². The predicted octanol–water partition coefficient (Wildman–Crippen LogP) is 2.50. The van der Waals surface area contributed by atoms with E-state index in [9.17, 15) is 14.0 Å². The van der Waals surface area contributed by atoms with Gasteiger partial charge in [-0.15, -0.1) is 0 Å². The van der Waals surface area contributed by atoms with Crippen LogP contribution in [0.5, 0.6) is 0 Å². The zero-order valence-corrected chi connectivity index (χ0v) is 19.9. The van der Waals surface area contributed by atoms with E-state index in [4.69, 9.17) is 23.2 Å². The van der Waals surface area contributed by atoms with Crippen molar-refractivity contribution in [2.75, 3.05) is 18.9 Å². The fraction of sp³-hybridized carbons (Fsp3) is 0.217. The van der Waals surface area contributed by atoms with Crippen molar-refractivity contribution >= 4 is 29.0 Å². The highest BCUT2D eigenvalue weighted by Gasteiger charge is 2.23. The maximum atomic E-state index is 13.6. The van der Waals surface area contributed by atoms with E-state index in [1.165, 1.54) is 15.7 Å². The van der Waals surface area contributed by atoms with Gasteiger partial charge in [0.1, 0.15) is 17.3 Å². The van der Waals surface area contributed by atoms with Gasteiger partial charge >= 0.3 is 0 Å². The number of hydrogen-bond acceptors (Lipinski definition) is 8. The number of halogens is 3. The Morgan fingerprint density at radius 1 is 1.46 bits per heavy atom. The fourth-order valence-corrected chi connectivity index (χ4v) is 3.59. The molecule has 0 saturated heterocycles. The molecule has 9 nitrogen and oxygen atoms in total. The van der Waals surface area contributed by atoms with Crippen LogP contribution in [-0.4, -0.2) is 33.2 Å². The van der Waals surface area contributed by atoms with Crippen LogP contribution in [0.3, 0.4) is 0 Å². The number of nitriles is 1. The molecule has 0 bridgehead atoms. The largest absolute Gasteiger partial charge is 0.401 e. The molecule has 0 aliphatic heterocycles. The van der Waals surface area contributed by atoms with Gasteiger partial charge in [0.2, 0.25) is 0 Å². The average Bonchev–Trinajstić information content (AvgIpc) is 3.15. The maximum absolute atomic E-state index is 13.6. The van der Waals surface area contributed by atoms with Crippen LogP contribution in [0.4, 0.5) is 14.5 Å². The van der Waals surface area contributed by atoms with Crippen molar-refractivity contribution in [2.45, 2.75) is 19.8 Å². The number of aromatic nitrogens is 3. The van der Waals surface area contributed by atoms with Crippen molar-refractivity contribution in [1.29, 1.82) is 5.26 Å². The minimum Gasteiger partial charge on any atom is -0.401 e. The van der Waals surface area contributed by atoms with Gasteiger partial charge < -0.3 is 16.1 Å². The number of alkyl halides is 2. The molecule has 12 heteroatoms. The number of fused-ring (bicyclic) bond motifs is 1. The molecule has 0 fully saturated rings. The van der Waals surface area contributed by atoms with Crippen LogP contribution >= 0.6 is 11.6 Å². The van der Waals surface area contributed by atoms with Crippen LogP contribution in [0.25, 0.3) is 11.7 Å². The molecule has 0 amide bonds. The van der Waals surface area contributed by atoms with Crippen molar-refractivity contribution in [3.05, 3.63) is 81.1 Å². The van der Waals surface area contributed by atoms with Crippen LogP contribution in [0.1, 0.15) is 35.4 Å². The third kappa shape index (κ3) is 5.74. The van der Waals surface area contributed by atoms with Crippen LogP contribution in [0, 0.1) is 18.3 Å². The molecule has 2 aromatic heterocycles. The molecule has 3 aromatic rings. The molecule has 2 heterocycles. The number of anilines is 1. The van der Waals surface area contributed by atoms with Gasteiger partial charge in [0.05, 0.1) is 5.69 Å². The van der Waals surface area contributed by atoms with Crippen LogP contribution in [0.2, 0.25) is 5.02 Å². The molecular weight excluding hydrogens is 476 g/mol. The van der Waals surface area contributed by atoms with E-state index in [-0.39, 0.29) is 23.2 Å². The summed E-state index contributed by atoms with van der Waals surface area (Å²) in [6.45, 7) is 5.59. The standard InChI is InChI=1S/C23H24ClF2N9/c1-4-30-19-10-15(24)6-5-14(19)9-17-13(2)32-23-18(11-27)20(21(25)26)33-35(23)22(17)31-8-7-16(28)12-34(3)29/h4-6,9-10,12,21,30H,1,7-8,28-29H2,2-3H3/b16-12-,17-9+,31-22?. The third-order valence-corrected chi connectivity index (χ3v) is 5.15. The lowest BCUT2D eigenvalue weighted by atomic mass is 10.1. The number of nitrogens with zero attached hydrogens (tertiary/aromatic N) is 6. The van der Waals surface area contributed by atoms with Crippen LogP contribution < -0.4 is 27.6 Å². The summed E-state index contributed by atoms with van der Waals surface area (Å²) in [5, 5.41) is 18.9. The highest BCUT2D eigenvalue weighted by molar-refractivity contribution is 6.30. The van der Waals surface area contributed by atoms with Gasteiger partial charge in [0.25, 0.3) is 6.43 Å². The van der Waals surface area contributed by atoms with Gasteiger partial charge in [0, 0.05) is 47.8 Å². The quantitative estimate of drug-likeness (QED) is 0.320. The Kier molecular flexibility index (Phi) is 8.01. The summed E-state index contributed by atoms with van der Waals surface area (Å²) in [6.07, 6.45) is 2.24. The van der Waals surface area contributed by atoms with E-state index in [2.05, 4.69) is 27.0 Å². The minimum atomic E-state index is -2.95. The Hall–Kier alpha value is -4.01. The number of benzene rings is 1. The summed E-state index contributed by atoms with van der Waals surface area (Å²) in [5.41, 5.74) is 7.61. The lowest BCUT2D eigenvalue weighted by Crippen LogP contribution is -2.37. The first-order valence-electron chi connectivity index (χ1n) is 10.4. The van der Waals surface area contributed by atoms with E-state index < -0.39 is 12.1 Å². The van der Waals surface area contributed by atoms with Crippen molar-refractivity contribution in [3.8, 4) is 6.07 Å². The molecule has 1 aromatic carbocycles. The van der Waals surface area contributed by atoms with Gasteiger partial charge in [-0.1, -0.05) is 24.2 Å². The molecule has 182 valence electrons. The molecule has 0 aliphatic rings. The van der Waals surface area contributed by atoms with E-state index >= 15 is 0 Å². The molecule has 0 saturated carbocycles. The summed E-state index contributed by atoms with van der Waals surface area (Å²) in [6, 6.07) is 7.01. The van der Waals surface area contributed by atoms with Crippen molar-refractivity contribution < 1.29 is 8.78 Å². The molecule has 0 atom stereocenters. The number of nitrogens with two attached hydrogens (primary N) is 2. The minimum absolute atomic E-state index is 0.00181. The number of rotatable bonds is 8. The summed E-state index contributed by atoms with van der Waals surface area (Å²) >= 11 is 6.13. The van der Waals surface area contributed by atoms with Gasteiger partial charge in [-0.2, -0.15) is 14.9 Å². The predicted molar refractivity (Wildman–Crippen MR) is 131 cm³/mol. The topological polar surface area (TPSA) is 134 Å². The first-order chi connectivity index (χ1) is 16.7. The molecule has 0 unspecified atom stereocenters. The Balaban J connectivity index is 2.35. The lowest BCUT2D eigenvalue weighted by molar-refractivity contribution is 0.145. The summed E-state index contributed by atoms with van der Waals surface area (Å²) in [7, 11) is 1.63. The fourth-order valence-electron chi connectivity index (χ4n) is 3.41. The monoisotopic (exact) mass is 499 g/mol. The molecule has 3 rings (SSSR count). The molecule has 0 aliphatic carbocycles. The molecule has 0 spiro atoms. The van der Waals surface area contributed by atoms with Gasteiger partial charge in [-0.05, 0) is 36.9 Å². The van der Waals surface area contributed by atoms with E-state index in [1.54, 1.807) is 50.5 Å². The molecule has 35 heavy (non-hydrogen) atoms. The van der Waals surface area contributed by atoms with Crippen LogP contribution in [0.15, 0.2) is 47.9 Å².